The number of anilines is 1. The van der Waals surface area contributed by atoms with Crippen molar-refractivity contribution < 1.29 is 18.7 Å². The molecule has 0 saturated heterocycles. The van der Waals surface area contributed by atoms with Crippen LogP contribution >= 0.6 is 0 Å². The number of aromatic nitrogens is 2. The lowest BCUT2D eigenvalue weighted by Crippen LogP contribution is -2.51. The maximum Gasteiger partial charge on any atom is 0.322 e. The number of rotatable bonds is 4. The van der Waals surface area contributed by atoms with Gasteiger partial charge in [-0.2, -0.15) is 0 Å². The molecule has 2 aromatic rings. The van der Waals surface area contributed by atoms with Gasteiger partial charge in [-0.1, -0.05) is 11.2 Å². The largest absolute Gasteiger partial charge is 0.454 e. The highest BCUT2D eigenvalue weighted by atomic mass is 16.7. The molecule has 5 aliphatic rings. The number of nitrogens with one attached hydrogen (secondary N) is 1. The normalized spacial score (nSPS) is 31.9. The predicted octanol–water partition coefficient (Wildman–Crippen LogP) is 3.54. The fourth-order valence-corrected chi connectivity index (χ4v) is 6.22. The zero-order valence-electron chi connectivity index (χ0n) is 15.6. The second kappa shape index (κ2) is 5.96. The molecule has 1 aromatic heterocycles. The van der Waals surface area contributed by atoms with Crippen molar-refractivity contribution in [2.45, 2.75) is 44.9 Å². The second-order valence-electron chi connectivity index (χ2n) is 9.02. The SMILES string of the molecule is O=C(Nc1nnc(Cc2ccc3c(c2)OCO3)o1)C12CC3CC(CC(C3)C1)C2. The van der Waals surface area contributed by atoms with Gasteiger partial charge >= 0.3 is 6.01 Å². The minimum atomic E-state index is -0.222. The Morgan fingerprint density at radius 2 is 1.75 bits per heavy atom. The average molecular weight is 381 g/mol. The van der Waals surface area contributed by atoms with Gasteiger partial charge in [-0.3, -0.25) is 10.1 Å². The van der Waals surface area contributed by atoms with Gasteiger partial charge in [0.05, 0.1) is 11.8 Å². The van der Waals surface area contributed by atoms with E-state index in [1.54, 1.807) is 0 Å². The van der Waals surface area contributed by atoms with Gasteiger partial charge in [-0.05, 0) is 74.0 Å². The monoisotopic (exact) mass is 381 g/mol. The van der Waals surface area contributed by atoms with E-state index in [0.717, 1.165) is 54.1 Å². The van der Waals surface area contributed by atoms with Crippen molar-refractivity contribution in [3.05, 3.63) is 29.7 Å². The Bertz CT molecular complexity index is 902. The molecular formula is C21H23N3O4. The van der Waals surface area contributed by atoms with Gasteiger partial charge in [0, 0.05) is 0 Å². The van der Waals surface area contributed by atoms with E-state index >= 15 is 0 Å². The summed E-state index contributed by atoms with van der Waals surface area (Å²) in [6.45, 7) is 0.250. The summed E-state index contributed by atoms with van der Waals surface area (Å²) in [4.78, 5) is 13.1. The quantitative estimate of drug-likeness (QED) is 0.872. The Balaban J connectivity index is 1.15. The highest BCUT2D eigenvalue weighted by molar-refractivity contribution is 5.94. The van der Waals surface area contributed by atoms with E-state index in [1.807, 2.05) is 18.2 Å². The Morgan fingerprint density at radius 3 is 2.50 bits per heavy atom. The predicted molar refractivity (Wildman–Crippen MR) is 98.9 cm³/mol. The molecule has 28 heavy (non-hydrogen) atoms. The van der Waals surface area contributed by atoms with Crippen LogP contribution in [0.3, 0.4) is 0 Å². The number of hydrogen-bond donors (Lipinski definition) is 1. The van der Waals surface area contributed by atoms with Crippen molar-refractivity contribution >= 4 is 11.9 Å². The molecule has 2 heterocycles. The van der Waals surface area contributed by atoms with Crippen molar-refractivity contribution in [3.63, 3.8) is 0 Å². The Labute approximate surface area is 162 Å². The zero-order chi connectivity index (χ0) is 18.7. The van der Waals surface area contributed by atoms with Crippen LogP contribution < -0.4 is 14.8 Å². The van der Waals surface area contributed by atoms with E-state index in [4.69, 9.17) is 13.9 Å². The number of nitrogens with zero attached hydrogens (tertiary/aromatic N) is 2. The summed E-state index contributed by atoms with van der Waals surface area (Å²) in [6, 6.07) is 5.95. The molecule has 4 bridgehead atoms. The first-order chi connectivity index (χ1) is 13.6. The molecule has 4 saturated carbocycles. The molecule has 0 spiro atoms. The van der Waals surface area contributed by atoms with Crippen molar-refractivity contribution in [2.24, 2.45) is 23.2 Å². The summed E-state index contributed by atoms with van der Waals surface area (Å²) < 4.78 is 16.5. The van der Waals surface area contributed by atoms with E-state index in [2.05, 4.69) is 15.5 Å². The first-order valence-corrected chi connectivity index (χ1v) is 10.2. The number of ether oxygens (including phenoxy) is 2. The standard InChI is InChI=1S/C21H23N3O4/c25-19(21-8-13-3-14(9-21)5-15(4-13)10-21)22-20-24-23-18(28-20)7-12-1-2-16-17(6-12)27-11-26-16/h1-2,6,13-15H,3-5,7-11H2,(H,22,24,25). The van der Waals surface area contributed by atoms with Gasteiger partial charge in [-0.15, -0.1) is 5.10 Å². The molecule has 1 amide bonds. The second-order valence-corrected chi connectivity index (χ2v) is 9.02. The first kappa shape index (κ1) is 16.4. The van der Waals surface area contributed by atoms with E-state index in [-0.39, 0.29) is 24.1 Å². The van der Waals surface area contributed by atoms with Crippen molar-refractivity contribution in [1.29, 1.82) is 0 Å². The summed E-state index contributed by atoms with van der Waals surface area (Å²) in [5.41, 5.74) is 0.771. The Hall–Kier alpha value is -2.57. The van der Waals surface area contributed by atoms with E-state index in [1.165, 1.54) is 19.3 Å². The molecule has 7 rings (SSSR count). The van der Waals surface area contributed by atoms with Crippen LogP contribution in [-0.4, -0.2) is 22.9 Å². The molecule has 7 nitrogen and oxygen atoms in total. The van der Waals surface area contributed by atoms with Gasteiger partial charge < -0.3 is 13.9 Å². The topological polar surface area (TPSA) is 86.5 Å². The molecule has 0 unspecified atom stereocenters. The average Bonchev–Trinajstić information content (AvgIpc) is 3.29. The van der Waals surface area contributed by atoms with Crippen molar-refractivity contribution in [3.8, 4) is 11.5 Å². The molecule has 4 fully saturated rings. The summed E-state index contributed by atoms with van der Waals surface area (Å²) in [7, 11) is 0. The third kappa shape index (κ3) is 2.67. The molecule has 0 radical (unpaired) electrons. The molecule has 0 atom stereocenters. The highest BCUT2D eigenvalue weighted by Crippen LogP contribution is 2.60. The number of amides is 1. The van der Waals surface area contributed by atoms with Crippen LogP contribution in [-0.2, 0) is 11.2 Å². The van der Waals surface area contributed by atoms with E-state index in [0.29, 0.717) is 12.3 Å². The minimum absolute atomic E-state index is 0.0740. The van der Waals surface area contributed by atoms with Crippen LogP contribution in [0.4, 0.5) is 6.01 Å². The molecule has 1 N–H and O–H groups in total. The lowest BCUT2D eigenvalue weighted by Gasteiger charge is -2.55. The minimum Gasteiger partial charge on any atom is -0.454 e. The maximum atomic E-state index is 13.1. The number of fused-ring (bicyclic) bond motifs is 1. The maximum absolute atomic E-state index is 13.1. The van der Waals surface area contributed by atoms with E-state index in [9.17, 15) is 4.79 Å². The van der Waals surface area contributed by atoms with Crippen LogP contribution in [0, 0.1) is 23.2 Å². The molecule has 1 aromatic carbocycles. The van der Waals surface area contributed by atoms with Gasteiger partial charge in [0.15, 0.2) is 11.5 Å². The Kier molecular flexibility index (Phi) is 3.49. The molecular weight excluding hydrogens is 358 g/mol. The van der Waals surface area contributed by atoms with Crippen molar-refractivity contribution in [2.75, 3.05) is 12.1 Å². The number of hydrogen-bond acceptors (Lipinski definition) is 6. The number of carbonyl (C=O) groups is 1. The smallest absolute Gasteiger partial charge is 0.322 e. The fourth-order valence-electron chi connectivity index (χ4n) is 6.22. The lowest BCUT2D eigenvalue weighted by atomic mass is 9.49. The highest BCUT2D eigenvalue weighted by Gasteiger charge is 2.54. The summed E-state index contributed by atoms with van der Waals surface area (Å²) in [5.74, 6) is 4.19. The third-order valence-electron chi connectivity index (χ3n) is 7.00. The lowest BCUT2D eigenvalue weighted by molar-refractivity contribution is -0.140. The Morgan fingerprint density at radius 1 is 1.04 bits per heavy atom. The van der Waals surface area contributed by atoms with Crippen LogP contribution in [0.15, 0.2) is 22.6 Å². The van der Waals surface area contributed by atoms with Crippen LogP contribution in [0.25, 0.3) is 0 Å². The number of benzene rings is 1. The van der Waals surface area contributed by atoms with Crippen LogP contribution in [0.5, 0.6) is 11.5 Å². The van der Waals surface area contributed by atoms with E-state index < -0.39 is 0 Å². The number of carbonyl (C=O) groups excluding carboxylic acids is 1. The first-order valence-electron chi connectivity index (χ1n) is 10.2. The fraction of sp³-hybridized carbons (Fsp3) is 0.571. The third-order valence-corrected chi connectivity index (χ3v) is 7.00. The summed E-state index contributed by atoms with van der Waals surface area (Å²) in [5, 5.41) is 11.1. The van der Waals surface area contributed by atoms with Gasteiger partial charge in [0.2, 0.25) is 18.6 Å². The van der Waals surface area contributed by atoms with Gasteiger partial charge in [-0.25, -0.2) is 0 Å². The summed E-state index contributed by atoms with van der Waals surface area (Å²) in [6.07, 6.45) is 7.47. The van der Waals surface area contributed by atoms with Gasteiger partial charge in [0.25, 0.3) is 0 Å². The summed E-state index contributed by atoms with van der Waals surface area (Å²) >= 11 is 0. The van der Waals surface area contributed by atoms with Crippen LogP contribution in [0.1, 0.15) is 50.0 Å². The molecule has 7 heteroatoms. The van der Waals surface area contributed by atoms with Gasteiger partial charge in [0.1, 0.15) is 0 Å². The molecule has 1 aliphatic heterocycles. The zero-order valence-corrected chi connectivity index (χ0v) is 15.6. The van der Waals surface area contributed by atoms with Crippen LogP contribution in [0.2, 0.25) is 0 Å². The molecule has 146 valence electrons. The molecule has 4 aliphatic carbocycles. The van der Waals surface area contributed by atoms with Crippen molar-refractivity contribution in [1.82, 2.24) is 10.2 Å².